The first kappa shape index (κ1) is 17.5. The molecule has 28 heavy (non-hydrogen) atoms. The molecule has 0 saturated carbocycles. The topological polar surface area (TPSA) is 39.3 Å². The maximum Gasteiger partial charge on any atom is 0.253 e. The second-order valence-electron chi connectivity index (χ2n) is 8.10. The lowest BCUT2D eigenvalue weighted by atomic mass is 9.95. The molecule has 5 rings (SSSR count). The monoisotopic (exact) mass is 373 g/mol. The quantitative estimate of drug-likeness (QED) is 0.754. The highest BCUT2D eigenvalue weighted by Gasteiger charge is 2.23. The van der Waals surface area contributed by atoms with Crippen molar-refractivity contribution in [3.8, 4) is 0 Å². The number of carbonyl (C=O) groups excluding carboxylic acids is 1. The Bertz CT molecular complexity index is 984. The van der Waals surface area contributed by atoms with Crippen molar-refractivity contribution in [2.24, 2.45) is 0 Å². The Kier molecular flexibility index (Phi) is 4.65. The minimum Gasteiger partial charge on any atom is -0.358 e. The fourth-order valence-corrected chi connectivity index (χ4v) is 4.67. The fraction of sp³-hybridized carbons (Fsp3) is 0.375. The molecule has 0 unspecified atom stereocenters. The van der Waals surface area contributed by atoms with Gasteiger partial charge in [-0.1, -0.05) is 30.3 Å². The molecule has 0 atom stereocenters. The highest BCUT2D eigenvalue weighted by molar-refractivity contribution is 5.99. The van der Waals surface area contributed by atoms with Gasteiger partial charge in [0.05, 0.1) is 0 Å². The molecule has 2 aromatic carbocycles. The standard InChI is InChI=1S/C24H27N3O/c28-24(27-14-12-26(13-15-27)17-18-6-2-1-3-7-18)19-10-11-23-21(16-19)20-8-4-5-9-22(20)25-23/h1-3,6-7,10-11,16,25H,4-5,8-9,12-15,17H2. The Balaban J connectivity index is 1.28. The first-order chi connectivity index (χ1) is 13.8. The summed E-state index contributed by atoms with van der Waals surface area (Å²) in [5.74, 6) is 0.173. The van der Waals surface area contributed by atoms with Gasteiger partial charge in [-0.05, 0) is 55.0 Å². The molecule has 144 valence electrons. The lowest BCUT2D eigenvalue weighted by Crippen LogP contribution is -2.48. The van der Waals surface area contributed by atoms with Gasteiger partial charge in [0, 0.05) is 54.9 Å². The van der Waals surface area contributed by atoms with E-state index in [1.54, 1.807) is 0 Å². The average molecular weight is 374 g/mol. The molecule has 0 radical (unpaired) electrons. The maximum absolute atomic E-state index is 13.1. The van der Waals surface area contributed by atoms with Crippen LogP contribution in [0.4, 0.5) is 0 Å². The second kappa shape index (κ2) is 7.44. The van der Waals surface area contributed by atoms with Crippen LogP contribution in [0.25, 0.3) is 10.9 Å². The lowest BCUT2D eigenvalue weighted by Gasteiger charge is -2.34. The van der Waals surface area contributed by atoms with Crippen LogP contribution >= 0.6 is 0 Å². The summed E-state index contributed by atoms with van der Waals surface area (Å²) in [5.41, 5.74) is 6.15. The van der Waals surface area contributed by atoms with Crippen molar-refractivity contribution in [2.45, 2.75) is 32.2 Å². The molecule has 1 aromatic heterocycles. The molecule has 4 nitrogen and oxygen atoms in total. The minimum absolute atomic E-state index is 0.173. The number of H-pyrrole nitrogens is 1. The zero-order valence-corrected chi connectivity index (χ0v) is 16.3. The third-order valence-electron chi connectivity index (χ3n) is 6.25. The smallest absolute Gasteiger partial charge is 0.253 e. The summed E-state index contributed by atoms with van der Waals surface area (Å²) in [5, 5.41) is 1.25. The van der Waals surface area contributed by atoms with E-state index < -0.39 is 0 Å². The van der Waals surface area contributed by atoms with Crippen LogP contribution in [0.3, 0.4) is 0 Å². The third-order valence-corrected chi connectivity index (χ3v) is 6.25. The number of rotatable bonds is 3. The summed E-state index contributed by atoms with van der Waals surface area (Å²) < 4.78 is 0. The van der Waals surface area contributed by atoms with E-state index in [2.05, 4.69) is 52.3 Å². The summed E-state index contributed by atoms with van der Waals surface area (Å²) in [6.45, 7) is 4.43. The SMILES string of the molecule is O=C(c1ccc2[nH]c3c(c2c1)CCCC3)N1CCN(Cc2ccccc2)CC1. The number of hydrogen-bond acceptors (Lipinski definition) is 2. The van der Waals surface area contributed by atoms with Gasteiger partial charge in [-0.25, -0.2) is 0 Å². The minimum atomic E-state index is 0.173. The second-order valence-corrected chi connectivity index (χ2v) is 8.10. The molecule has 1 aliphatic heterocycles. The molecule has 1 saturated heterocycles. The number of aryl methyl sites for hydroxylation is 2. The molecule has 2 aliphatic rings. The highest BCUT2D eigenvalue weighted by Crippen LogP contribution is 2.30. The largest absolute Gasteiger partial charge is 0.358 e. The predicted molar refractivity (Wildman–Crippen MR) is 113 cm³/mol. The first-order valence-electron chi connectivity index (χ1n) is 10.5. The molecule has 4 heteroatoms. The molecule has 3 aromatic rings. The van der Waals surface area contributed by atoms with Crippen molar-refractivity contribution in [1.29, 1.82) is 0 Å². The molecule has 1 N–H and O–H groups in total. The average Bonchev–Trinajstić information content (AvgIpc) is 3.12. The van der Waals surface area contributed by atoms with Crippen molar-refractivity contribution >= 4 is 16.8 Å². The van der Waals surface area contributed by atoms with Crippen LogP contribution in [0.15, 0.2) is 48.5 Å². The van der Waals surface area contributed by atoms with E-state index in [1.165, 1.54) is 40.6 Å². The van der Waals surface area contributed by atoms with Crippen molar-refractivity contribution in [1.82, 2.24) is 14.8 Å². The zero-order chi connectivity index (χ0) is 18.9. The molecule has 0 bridgehead atoms. The van der Waals surface area contributed by atoms with Gasteiger partial charge in [0.15, 0.2) is 0 Å². The Morgan fingerprint density at radius 2 is 1.71 bits per heavy atom. The molecule has 1 aliphatic carbocycles. The van der Waals surface area contributed by atoms with E-state index in [4.69, 9.17) is 0 Å². The number of aromatic amines is 1. The van der Waals surface area contributed by atoms with Gasteiger partial charge >= 0.3 is 0 Å². The number of hydrogen-bond donors (Lipinski definition) is 1. The summed E-state index contributed by atoms with van der Waals surface area (Å²) in [6.07, 6.45) is 4.78. The Morgan fingerprint density at radius 3 is 2.54 bits per heavy atom. The number of aromatic nitrogens is 1. The van der Waals surface area contributed by atoms with E-state index in [9.17, 15) is 4.79 Å². The van der Waals surface area contributed by atoms with E-state index in [1.807, 2.05) is 11.0 Å². The van der Waals surface area contributed by atoms with Crippen molar-refractivity contribution < 1.29 is 4.79 Å². The number of fused-ring (bicyclic) bond motifs is 3. The zero-order valence-electron chi connectivity index (χ0n) is 16.3. The van der Waals surface area contributed by atoms with Crippen molar-refractivity contribution in [2.75, 3.05) is 26.2 Å². The summed E-state index contributed by atoms with van der Waals surface area (Å²) in [7, 11) is 0. The van der Waals surface area contributed by atoms with Crippen LogP contribution in [-0.2, 0) is 19.4 Å². The van der Waals surface area contributed by atoms with E-state index in [-0.39, 0.29) is 5.91 Å². The molecular formula is C24H27N3O. The predicted octanol–water partition coefficient (Wildman–Crippen LogP) is 4.00. The maximum atomic E-state index is 13.1. The van der Waals surface area contributed by atoms with Gasteiger partial charge in [-0.15, -0.1) is 0 Å². The number of benzene rings is 2. The van der Waals surface area contributed by atoms with Crippen molar-refractivity contribution in [3.63, 3.8) is 0 Å². The Morgan fingerprint density at radius 1 is 0.929 bits per heavy atom. The van der Waals surface area contributed by atoms with Gasteiger partial charge in [0.1, 0.15) is 0 Å². The van der Waals surface area contributed by atoms with E-state index in [0.717, 1.165) is 51.1 Å². The Labute approximate surface area is 166 Å². The number of nitrogens with zero attached hydrogens (tertiary/aromatic N) is 2. The van der Waals surface area contributed by atoms with E-state index in [0.29, 0.717) is 0 Å². The fourth-order valence-electron chi connectivity index (χ4n) is 4.67. The van der Waals surface area contributed by atoms with Crippen LogP contribution in [-0.4, -0.2) is 46.9 Å². The van der Waals surface area contributed by atoms with Crippen LogP contribution in [0.1, 0.15) is 40.0 Å². The van der Waals surface area contributed by atoms with Crippen LogP contribution in [0.5, 0.6) is 0 Å². The molecular weight excluding hydrogens is 346 g/mol. The molecule has 1 fully saturated rings. The van der Waals surface area contributed by atoms with Crippen LogP contribution in [0, 0.1) is 0 Å². The van der Waals surface area contributed by atoms with Gasteiger partial charge in [0.25, 0.3) is 5.91 Å². The first-order valence-corrected chi connectivity index (χ1v) is 10.5. The van der Waals surface area contributed by atoms with Crippen molar-refractivity contribution in [3.05, 3.63) is 70.9 Å². The van der Waals surface area contributed by atoms with Gasteiger partial charge in [-0.2, -0.15) is 0 Å². The number of carbonyl (C=O) groups is 1. The molecule has 2 heterocycles. The van der Waals surface area contributed by atoms with Gasteiger partial charge in [-0.3, -0.25) is 9.69 Å². The number of amides is 1. The summed E-state index contributed by atoms with van der Waals surface area (Å²) >= 11 is 0. The number of nitrogens with one attached hydrogen (secondary N) is 1. The van der Waals surface area contributed by atoms with Crippen LogP contribution in [0.2, 0.25) is 0 Å². The van der Waals surface area contributed by atoms with E-state index >= 15 is 0 Å². The number of piperazine rings is 1. The summed E-state index contributed by atoms with van der Waals surface area (Å²) in [6, 6.07) is 16.8. The van der Waals surface area contributed by atoms with Crippen LogP contribution < -0.4 is 0 Å². The normalized spacial score (nSPS) is 17.6. The lowest BCUT2D eigenvalue weighted by molar-refractivity contribution is 0.0628. The third kappa shape index (κ3) is 3.33. The summed E-state index contributed by atoms with van der Waals surface area (Å²) in [4.78, 5) is 21.1. The molecule has 1 amide bonds. The highest BCUT2D eigenvalue weighted by atomic mass is 16.2. The van der Waals surface area contributed by atoms with Gasteiger partial charge in [0.2, 0.25) is 0 Å². The molecule has 0 spiro atoms. The Hall–Kier alpha value is -2.59. The van der Waals surface area contributed by atoms with Gasteiger partial charge < -0.3 is 9.88 Å².